The lowest BCUT2D eigenvalue weighted by Crippen LogP contribution is -2.52. The first-order valence-corrected chi connectivity index (χ1v) is 9.31. The SMILES string of the molecule is CC(N(C)C1CCCCCCCCCCC1N)C(C)(C)C. The van der Waals surface area contributed by atoms with Crippen molar-refractivity contribution in [2.75, 3.05) is 7.05 Å². The molecule has 1 aliphatic rings. The summed E-state index contributed by atoms with van der Waals surface area (Å²) in [6.45, 7) is 9.39. The molecule has 0 aromatic rings. The molecule has 0 aliphatic heterocycles. The Morgan fingerprint density at radius 3 is 1.76 bits per heavy atom. The van der Waals surface area contributed by atoms with Crippen LogP contribution in [0, 0.1) is 5.41 Å². The second kappa shape index (κ2) is 9.15. The molecule has 3 atom stereocenters. The van der Waals surface area contributed by atoms with E-state index in [2.05, 4.69) is 39.6 Å². The summed E-state index contributed by atoms with van der Waals surface area (Å²) in [7, 11) is 2.30. The number of nitrogens with zero attached hydrogens (tertiary/aromatic N) is 1. The van der Waals surface area contributed by atoms with Crippen LogP contribution < -0.4 is 5.73 Å². The van der Waals surface area contributed by atoms with Crippen molar-refractivity contribution in [3.63, 3.8) is 0 Å². The summed E-state index contributed by atoms with van der Waals surface area (Å²) >= 11 is 0. The molecule has 0 spiro atoms. The van der Waals surface area contributed by atoms with Gasteiger partial charge in [-0.2, -0.15) is 0 Å². The van der Waals surface area contributed by atoms with Gasteiger partial charge in [0.1, 0.15) is 0 Å². The van der Waals surface area contributed by atoms with E-state index in [4.69, 9.17) is 5.73 Å². The van der Waals surface area contributed by atoms with E-state index in [-0.39, 0.29) is 0 Å². The van der Waals surface area contributed by atoms with Crippen LogP contribution >= 0.6 is 0 Å². The lowest BCUT2D eigenvalue weighted by molar-refractivity contribution is 0.0759. The van der Waals surface area contributed by atoms with Gasteiger partial charge in [0.15, 0.2) is 0 Å². The van der Waals surface area contributed by atoms with Gasteiger partial charge in [0.2, 0.25) is 0 Å². The summed E-state index contributed by atoms with van der Waals surface area (Å²) in [4.78, 5) is 2.58. The maximum absolute atomic E-state index is 6.60. The summed E-state index contributed by atoms with van der Waals surface area (Å²) in [5.41, 5.74) is 6.92. The van der Waals surface area contributed by atoms with Gasteiger partial charge < -0.3 is 5.73 Å². The predicted molar refractivity (Wildman–Crippen MR) is 94.6 cm³/mol. The molecule has 3 unspecified atom stereocenters. The Kier molecular flexibility index (Phi) is 8.26. The highest BCUT2D eigenvalue weighted by atomic mass is 15.2. The summed E-state index contributed by atoms with van der Waals surface area (Å²) in [5, 5.41) is 0. The molecule has 21 heavy (non-hydrogen) atoms. The fourth-order valence-electron chi connectivity index (χ4n) is 3.60. The molecule has 2 nitrogen and oxygen atoms in total. The van der Waals surface area contributed by atoms with Crippen LogP contribution in [0.2, 0.25) is 0 Å². The molecule has 1 fully saturated rings. The van der Waals surface area contributed by atoms with Crippen LogP contribution in [0.25, 0.3) is 0 Å². The van der Waals surface area contributed by atoms with Crippen LogP contribution in [0.1, 0.15) is 91.9 Å². The molecule has 0 aromatic heterocycles. The van der Waals surface area contributed by atoms with E-state index in [0.29, 0.717) is 23.5 Å². The zero-order valence-electron chi connectivity index (χ0n) is 15.3. The van der Waals surface area contributed by atoms with E-state index in [1.807, 2.05) is 0 Å². The van der Waals surface area contributed by atoms with E-state index < -0.39 is 0 Å². The Morgan fingerprint density at radius 1 is 0.857 bits per heavy atom. The molecule has 0 heterocycles. The van der Waals surface area contributed by atoms with Gasteiger partial charge in [0, 0.05) is 18.1 Å². The highest BCUT2D eigenvalue weighted by Crippen LogP contribution is 2.28. The average molecular weight is 297 g/mol. The Labute approximate surface area is 133 Å². The number of hydrogen-bond acceptors (Lipinski definition) is 2. The van der Waals surface area contributed by atoms with Crippen LogP contribution in [0.3, 0.4) is 0 Å². The third kappa shape index (κ3) is 6.69. The third-order valence-electron chi connectivity index (χ3n) is 5.67. The highest BCUT2D eigenvalue weighted by Gasteiger charge is 2.31. The Balaban J connectivity index is 2.67. The van der Waals surface area contributed by atoms with Crippen LogP contribution in [-0.4, -0.2) is 30.1 Å². The van der Waals surface area contributed by atoms with Crippen molar-refractivity contribution in [2.24, 2.45) is 11.1 Å². The topological polar surface area (TPSA) is 29.3 Å². The van der Waals surface area contributed by atoms with Crippen molar-refractivity contribution in [3.8, 4) is 0 Å². The Hall–Kier alpha value is -0.0800. The van der Waals surface area contributed by atoms with Crippen molar-refractivity contribution < 1.29 is 0 Å². The van der Waals surface area contributed by atoms with E-state index in [1.165, 1.54) is 64.2 Å². The van der Waals surface area contributed by atoms with Gasteiger partial charge in [-0.1, -0.05) is 72.1 Å². The summed E-state index contributed by atoms with van der Waals surface area (Å²) < 4.78 is 0. The number of likely N-dealkylation sites (N-methyl/N-ethyl adjacent to an activating group) is 1. The van der Waals surface area contributed by atoms with Gasteiger partial charge in [-0.05, 0) is 32.2 Å². The second-order valence-electron chi connectivity index (χ2n) is 8.34. The molecule has 0 bridgehead atoms. The molecule has 0 radical (unpaired) electrons. The van der Waals surface area contributed by atoms with Crippen molar-refractivity contribution in [2.45, 2.75) is 110 Å². The molecule has 1 aliphatic carbocycles. The largest absolute Gasteiger partial charge is 0.326 e. The van der Waals surface area contributed by atoms with Gasteiger partial charge in [-0.3, -0.25) is 4.90 Å². The number of nitrogens with two attached hydrogens (primary N) is 1. The lowest BCUT2D eigenvalue weighted by atomic mass is 9.84. The summed E-state index contributed by atoms with van der Waals surface area (Å²) in [5.74, 6) is 0. The molecule has 0 aromatic carbocycles. The van der Waals surface area contributed by atoms with Crippen LogP contribution in [0.4, 0.5) is 0 Å². The van der Waals surface area contributed by atoms with Crippen LogP contribution in [0.5, 0.6) is 0 Å². The van der Waals surface area contributed by atoms with Crippen molar-refractivity contribution >= 4 is 0 Å². The minimum absolute atomic E-state index is 0.318. The van der Waals surface area contributed by atoms with Crippen molar-refractivity contribution in [1.82, 2.24) is 4.90 Å². The molecule has 1 saturated carbocycles. The first kappa shape index (κ1) is 19.0. The lowest BCUT2D eigenvalue weighted by Gasteiger charge is -2.42. The van der Waals surface area contributed by atoms with Gasteiger partial charge in [0.05, 0.1) is 0 Å². The van der Waals surface area contributed by atoms with Gasteiger partial charge >= 0.3 is 0 Å². The first-order valence-electron chi connectivity index (χ1n) is 9.31. The zero-order valence-corrected chi connectivity index (χ0v) is 15.3. The molecule has 1 rings (SSSR count). The third-order valence-corrected chi connectivity index (χ3v) is 5.67. The maximum atomic E-state index is 6.60. The first-order chi connectivity index (χ1) is 9.84. The van der Waals surface area contributed by atoms with Crippen LogP contribution in [-0.2, 0) is 0 Å². The molecular weight excluding hydrogens is 256 g/mol. The van der Waals surface area contributed by atoms with Gasteiger partial charge in [-0.25, -0.2) is 0 Å². The molecule has 0 saturated heterocycles. The monoisotopic (exact) mass is 296 g/mol. The van der Waals surface area contributed by atoms with Crippen molar-refractivity contribution in [3.05, 3.63) is 0 Å². The second-order valence-corrected chi connectivity index (χ2v) is 8.34. The normalized spacial score (nSPS) is 28.7. The summed E-state index contributed by atoms with van der Waals surface area (Å²) in [6, 6.07) is 1.47. The molecule has 126 valence electrons. The quantitative estimate of drug-likeness (QED) is 0.780. The standard InChI is InChI=1S/C19H40N2/c1-16(19(2,3)4)21(5)18-15-13-11-9-7-6-8-10-12-14-17(18)20/h16-18H,6-15,20H2,1-5H3. The highest BCUT2D eigenvalue weighted by molar-refractivity contribution is 4.87. The molecule has 2 heteroatoms. The predicted octanol–water partition coefficient (Wildman–Crippen LogP) is 4.96. The van der Waals surface area contributed by atoms with E-state index >= 15 is 0 Å². The zero-order chi connectivity index (χ0) is 15.9. The molecule has 2 N–H and O–H groups in total. The minimum atomic E-state index is 0.318. The minimum Gasteiger partial charge on any atom is -0.326 e. The Morgan fingerprint density at radius 2 is 1.29 bits per heavy atom. The molecular formula is C19H40N2. The van der Waals surface area contributed by atoms with Crippen LogP contribution in [0.15, 0.2) is 0 Å². The maximum Gasteiger partial charge on any atom is 0.0247 e. The van der Waals surface area contributed by atoms with Crippen molar-refractivity contribution in [1.29, 1.82) is 0 Å². The Bertz CT molecular complexity index is 269. The smallest absolute Gasteiger partial charge is 0.0247 e. The van der Waals surface area contributed by atoms with E-state index in [1.54, 1.807) is 0 Å². The molecule has 0 amide bonds. The fraction of sp³-hybridized carbons (Fsp3) is 1.00. The summed E-state index contributed by atoms with van der Waals surface area (Å²) in [6.07, 6.45) is 13.6. The fourth-order valence-corrected chi connectivity index (χ4v) is 3.60. The average Bonchev–Trinajstić information content (AvgIpc) is 2.40. The van der Waals surface area contributed by atoms with Gasteiger partial charge in [0.25, 0.3) is 0 Å². The number of hydrogen-bond donors (Lipinski definition) is 1. The number of rotatable bonds is 2. The van der Waals surface area contributed by atoms with E-state index in [0.717, 1.165) is 0 Å². The van der Waals surface area contributed by atoms with E-state index in [9.17, 15) is 0 Å². The van der Waals surface area contributed by atoms with Gasteiger partial charge in [-0.15, -0.1) is 0 Å².